The third-order valence-electron chi connectivity index (χ3n) is 8.82. The van der Waals surface area contributed by atoms with Crippen LogP contribution in [0.2, 0.25) is 0 Å². The van der Waals surface area contributed by atoms with Gasteiger partial charge in [-0.05, 0) is 69.2 Å². The Morgan fingerprint density at radius 3 is 2.14 bits per heavy atom. The monoisotopic (exact) mass is 599 g/mol. The number of carbonyl (C=O) groups excluding carboxylic acids is 1. The second kappa shape index (κ2) is 14.5. The van der Waals surface area contributed by atoms with Crippen LogP contribution in [0.3, 0.4) is 0 Å². The maximum Gasteiger partial charge on any atom is 0.408 e. The fourth-order valence-electron chi connectivity index (χ4n) is 6.47. The van der Waals surface area contributed by atoms with E-state index in [1.807, 2.05) is 42.2 Å². The van der Waals surface area contributed by atoms with Crippen LogP contribution in [-0.2, 0) is 25.8 Å². The molecule has 0 aliphatic carbocycles. The number of hydrogen-bond donors (Lipinski definition) is 1. The van der Waals surface area contributed by atoms with E-state index in [0.717, 1.165) is 37.1 Å². The van der Waals surface area contributed by atoms with Crippen molar-refractivity contribution in [2.75, 3.05) is 39.1 Å². The van der Waals surface area contributed by atoms with Crippen molar-refractivity contribution >= 4 is 21.8 Å². The van der Waals surface area contributed by atoms with E-state index in [0.29, 0.717) is 39.0 Å². The average molecular weight is 600 g/mol. The van der Waals surface area contributed by atoms with Crippen LogP contribution in [0.1, 0.15) is 63.1 Å². The number of amides is 2. The summed E-state index contributed by atoms with van der Waals surface area (Å²) in [6, 6.07) is 16.5. The molecule has 2 saturated heterocycles. The Bertz CT molecular complexity index is 1270. The molecule has 0 saturated carbocycles. The Kier molecular flexibility index (Phi) is 11.0. The topological polar surface area (TPSA) is 107 Å². The maximum atomic E-state index is 13.3. The van der Waals surface area contributed by atoms with Gasteiger partial charge in [0.2, 0.25) is 5.91 Å². The number of benzene rings is 2. The lowest BCUT2D eigenvalue weighted by atomic mass is 9.93. The first-order valence-corrected chi connectivity index (χ1v) is 16.9. The third kappa shape index (κ3) is 8.11. The average Bonchev–Trinajstić information content (AvgIpc) is 2.98. The van der Waals surface area contributed by atoms with Crippen LogP contribution in [0.15, 0.2) is 59.5 Å². The zero-order valence-electron chi connectivity index (χ0n) is 25.0. The van der Waals surface area contributed by atoms with E-state index < -0.39 is 15.9 Å². The zero-order chi connectivity index (χ0) is 30.3. The molecule has 1 N–H and O–H groups in total. The van der Waals surface area contributed by atoms with Crippen LogP contribution in [-0.4, -0.2) is 97.5 Å². The number of rotatable bonds is 11. The number of piperidine rings is 1. The van der Waals surface area contributed by atoms with Gasteiger partial charge in [-0.25, -0.2) is 13.2 Å². The Labute approximate surface area is 250 Å². The van der Waals surface area contributed by atoms with Gasteiger partial charge in [-0.2, -0.15) is 0 Å². The van der Waals surface area contributed by atoms with Gasteiger partial charge < -0.3 is 19.6 Å². The van der Waals surface area contributed by atoms with Gasteiger partial charge in [0.1, 0.15) is 0 Å². The van der Waals surface area contributed by atoms with Crippen molar-refractivity contribution in [2.24, 2.45) is 0 Å². The Balaban J connectivity index is 1.38. The van der Waals surface area contributed by atoms with Crippen molar-refractivity contribution in [3.63, 3.8) is 0 Å². The van der Waals surface area contributed by atoms with E-state index in [9.17, 15) is 23.1 Å². The number of sulfone groups is 1. The first-order valence-electron chi connectivity index (χ1n) is 15.0. The number of ether oxygens (including phenoxy) is 1. The molecule has 0 aromatic heterocycles. The summed E-state index contributed by atoms with van der Waals surface area (Å²) in [7, 11) is -3.27. The summed E-state index contributed by atoms with van der Waals surface area (Å²) >= 11 is 0. The lowest BCUT2D eigenvalue weighted by Crippen LogP contribution is -2.51. The standard InChI is InChI=1S/C32H45N3O6S/c1-4-34(31(36)23-25-10-12-29(13-11-25)42(3,39)40)27-14-18-33(19-15-27)24(2)22-30(26-8-6-5-7-9-26)35(32(37)38)28-16-20-41-21-17-28/h5-13,24,27-28,30H,4,14-23H2,1-3H3,(H,37,38)/t24?,30-/m0/s1. The van der Waals surface area contributed by atoms with E-state index >= 15 is 0 Å². The third-order valence-corrected chi connectivity index (χ3v) is 9.95. The zero-order valence-corrected chi connectivity index (χ0v) is 25.8. The predicted molar refractivity (Wildman–Crippen MR) is 162 cm³/mol. The predicted octanol–water partition coefficient (Wildman–Crippen LogP) is 4.62. The summed E-state index contributed by atoms with van der Waals surface area (Å²) in [6.45, 7) is 7.64. The first kappa shape index (κ1) is 32.0. The van der Waals surface area contributed by atoms with Crippen molar-refractivity contribution in [2.45, 2.75) is 81.4 Å². The van der Waals surface area contributed by atoms with Gasteiger partial charge in [0.05, 0.1) is 17.4 Å². The Hall–Kier alpha value is -2.95. The molecule has 1 unspecified atom stereocenters. The fraction of sp³-hybridized carbons (Fsp3) is 0.562. The lowest BCUT2D eigenvalue weighted by molar-refractivity contribution is -0.133. The minimum atomic E-state index is -3.27. The number of likely N-dealkylation sites (N-methyl/N-ethyl adjacent to an activating group) is 1. The summed E-state index contributed by atoms with van der Waals surface area (Å²) in [5.74, 6) is 0.0498. The quantitative estimate of drug-likeness (QED) is 0.402. The van der Waals surface area contributed by atoms with Gasteiger partial charge in [-0.15, -0.1) is 0 Å². The second-order valence-electron chi connectivity index (χ2n) is 11.6. The minimum Gasteiger partial charge on any atom is -0.465 e. The van der Waals surface area contributed by atoms with Gasteiger partial charge in [0.25, 0.3) is 0 Å². The molecule has 9 nitrogen and oxygen atoms in total. The summed E-state index contributed by atoms with van der Waals surface area (Å²) in [5, 5.41) is 10.3. The van der Waals surface area contributed by atoms with E-state index in [4.69, 9.17) is 4.74 Å². The molecule has 0 radical (unpaired) electrons. The summed E-state index contributed by atoms with van der Waals surface area (Å²) in [4.78, 5) is 32.1. The normalized spacial score (nSPS) is 18.7. The van der Waals surface area contributed by atoms with E-state index in [2.05, 4.69) is 11.8 Å². The molecular weight excluding hydrogens is 554 g/mol. The molecular formula is C32H45N3O6S. The molecule has 0 bridgehead atoms. The fourth-order valence-corrected chi connectivity index (χ4v) is 7.10. The molecule has 0 spiro atoms. The number of nitrogens with zero attached hydrogens (tertiary/aromatic N) is 3. The Morgan fingerprint density at radius 2 is 1.60 bits per heavy atom. The molecule has 2 heterocycles. The van der Waals surface area contributed by atoms with Gasteiger partial charge in [-0.3, -0.25) is 9.69 Å². The summed E-state index contributed by atoms with van der Waals surface area (Å²) in [6.07, 6.45) is 4.35. The number of hydrogen-bond acceptors (Lipinski definition) is 6. The van der Waals surface area contributed by atoms with Crippen molar-refractivity contribution < 1.29 is 27.9 Å². The van der Waals surface area contributed by atoms with Crippen LogP contribution in [0.25, 0.3) is 0 Å². The number of likely N-dealkylation sites (tertiary alicyclic amines) is 1. The van der Waals surface area contributed by atoms with Crippen LogP contribution >= 0.6 is 0 Å². The first-order chi connectivity index (χ1) is 20.1. The maximum absolute atomic E-state index is 13.3. The molecule has 2 aromatic carbocycles. The van der Waals surface area contributed by atoms with E-state index in [1.165, 1.54) is 6.26 Å². The van der Waals surface area contributed by atoms with Crippen molar-refractivity contribution in [3.8, 4) is 0 Å². The Morgan fingerprint density at radius 1 is 0.976 bits per heavy atom. The van der Waals surface area contributed by atoms with E-state index in [-0.39, 0.29) is 41.4 Å². The molecule has 10 heteroatoms. The van der Waals surface area contributed by atoms with Gasteiger partial charge in [0, 0.05) is 57.2 Å². The molecule has 230 valence electrons. The van der Waals surface area contributed by atoms with Gasteiger partial charge >= 0.3 is 6.09 Å². The molecule has 4 rings (SSSR count). The van der Waals surface area contributed by atoms with E-state index in [1.54, 1.807) is 29.2 Å². The number of carboxylic acid groups (broad SMARTS) is 1. The number of carbonyl (C=O) groups is 2. The van der Waals surface area contributed by atoms with Crippen LogP contribution < -0.4 is 0 Å². The summed E-state index contributed by atoms with van der Waals surface area (Å²) < 4.78 is 29.0. The second-order valence-corrected chi connectivity index (χ2v) is 13.6. The molecule has 2 fully saturated rings. The van der Waals surface area contributed by atoms with Gasteiger partial charge in [-0.1, -0.05) is 42.5 Å². The molecule has 42 heavy (non-hydrogen) atoms. The highest BCUT2D eigenvalue weighted by molar-refractivity contribution is 7.90. The minimum absolute atomic E-state index is 0.0498. The molecule has 2 atom stereocenters. The molecule has 2 amide bonds. The lowest BCUT2D eigenvalue weighted by Gasteiger charge is -2.43. The largest absolute Gasteiger partial charge is 0.465 e. The van der Waals surface area contributed by atoms with Gasteiger partial charge in [0.15, 0.2) is 9.84 Å². The molecule has 2 aromatic rings. The molecule has 2 aliphatic rings. The van der Waals surface area contributed by atoms with Crippen molar-refractivity contribution in [3.05, 3.63) is 65.7 Å². The van der Waals surface area contributed by atoms with Crippen LogP contribution in [0, 0.1) is 0 Å². The smallest absolute Gasteiger partial charge is 0.408 e. The van der Waals surface area contributed by atoms with Crippen molar-refractivity contribution in [1.82, 2.24) is 14.7 Å². The SMILES string of the molecule is CCN(C(=O)Cc1ccc(S(C)(=O)=O)cc1)C1CCN(C(C)C[C@@H](c2ccccc2)N(C(=O)O)C2CCOCC2)CC1. The highest BCUT2D eigenvalue weighted by Crippen LogP contribution is 2.33. The van der Waals surface area contributed by atoms with Crippen LogP contribution in [0.5, 0.6) is 0 Å². The highest BCUT2D eigenvalue weighted by atomic mass is 32.2. The highest BCUT2D eigenvalue weighted by Gasteiger charge is 2.36. The summed E-state index contributed by atoms with van der Waals surface area (Å²) in [5.41, 5.74) is 1.82. The molecule has 2 aliphatic heterocycles. The van der Waals surface area contributed by atoms with Crippen molar-refractivity contribution in [1.29, 1.82) is 0 Å². The van der Waals surface area contributed by atoms with Crippen LogP contribution in [0.4, 0.5) is 4.79 Å².